The number of nitrogens with two attached hydrogens (primary N) is 1. The van der Waals surface area contributed by atoms with Gasteiger partial charge in [0.2, 0.25) is 0 Å². The van der Waals surface area contributed by atoms with Crippen molar-refractivity contribution in [1.82, 2.24) is 4.90 Å². The van der Waals surface area contributed by atoms with Gasteiger partial charge in [-0.15, -0.1) is 0 Å². The van der Waals surface area contributed by atoms with E-state index in [9.17, 15) is 15.0 Å². The normalized spacial score (nSPS) is 18.3. The molecule has 0 bridgehead atoms. The predicted molar refractivity (Wildman–Crippen MR) is 72.8 cm³/mol. The number of piperidine rings is 1. The number of carbonyl (C=O) groups excluding carboxylic acids is 1. The number of hydrogen-bond acceptors (Lipinski definition) is 4. The van der Waals surface area contributed by atoms with E-state index < -0.39 is 0 Å². The molecule has 0 aliphatic carbocycles. The first-order valence-corrected chi connectivity index (χ1v) is 6.55. The quantitative estimate of drug-likeness (QED) is 0.553. The molecule has 1 aromatic rings. The molecule has 4 N–H and O–H groups in total. The molecule has 1 unspecified atom stereocenters. The third-order valence-electron chi connectivity index (χ3n) is 3.78. The molecule has 5 nitrogen and oxygen atoms in total. The van der Waals surface area contributed by atoms with E-state index in [4.69, 9.17) is 5.73 Å². The van der Waals surface area contributed by atoms with E-state index >= 15 is 0 Å². The minimum atomic E-state index is -0.330. The molecule has 1 atom stereocenters. The average molecular weight is 264 g/mol. The third-order valence-corrected chi connectivity index (χ3v) is 3.78. The second-order valence-electron chi connectivity index (χ2n) is 5.14. The zero-order chi connectivity index (χ0) is 14.0. The van der Waals surface area contributed by atoms with Crippen molar-refractivity contribution in [2.24, 2.45) is 5.92 Å². The SMILES string of the molecule is CC(O)C1CCN(C(=O)c2cc(O)ccc2N)CC1. The molecular formula is C14H20N2O3. The largest absolute Gasteiger partial charge is 0.508 e. The van der Waals surface area contributed by atoms with Gasteiger partial charge in [-0.05, 0) is 43.9 Å². The smallest absolute Gasteiger partial charge is 0.256 e. The summed E-state index contributed by atoms with van der Waals surface area (Å²) in [6.45, 7) is 3.02. The van der Waals surface area contributed by atoms with Gasteiger partial charge in [-0.2, -0.15) is 0 Å². The van der Waals surface area contributed by atoms with Crippen molar-refractivity contribution in [2.45, 2.75) is 25.9 Å². The maximum atomic E-state index is 12.3. The fourth-order valence-corrected chi connectivity index (χ4v) is 2.48. The molecular weight excluding hydrogens is 244 g/mol. The maximum Gasteiger partial charge on any atom is 0.256 e. The number of carbonyl (C=O) groups is 1. The molecule has 1 aromatic carbocycles. The Bertz CT molecular complexity index is 466. The van der Waals surface area contributed by atoms with Gasteiger partial charge in [0, 0.05) is 18.8 Å². The van der Waals surface area contributed by atoms with Gasteiger partial charge in [-0.25, -0.2) is 0 Å². The van der Waals surface area contributed by atoms with Gasteiger partial charge in [-0.1, -0.05) is 0 Å². The number of likely N-dealkylation sites (tertiary alicyclic amines) is 1. The van der Waals surface area contributed by atoms with E-state index in [-0.39, 0.29) is 23.7 Å². The fraction of sp³-hybridized carbons (Fsp3) is 0.500. The molecule has 0 saturated carbocycles. The first-order valence-electron chi connectivity index (χ1n) is 6.55. The van der Waals surface area contributed by atoms with Crippen LogP contribution in [0.4, 0.5) is 5.69 Å². The monoisotopic (exact) mass is 264 g/mol. The van der Waals surface area contributed by atoms with E-state index in [1.165, 1.54) is 18.2 Å². The number of phenols is 1. The summed E-state index contributed by atoms with van der Waals surface area (Å²) in [6, 6.07) is 4.40. The number of anilines is 1. The lowest BCUT2D eigenvalue weighted by atomic mass is 9.92. The number of aromatic hydroxyl groups is 1. The number of aliphatic hydroxyl groups excluding tert-OH is 1. The Morgan fingerprint density at radius 3 is 2.63 bits per heavy atom. The summed E-state index contributed by atoms with van der Waals surface area (Å²) in [5.41, 5.74) is 6.49. The van der Waals surface area contributed by atoms with Crippen LogP contribution >= 0.6 is 0 Å². The van der Waals surface area contributed by atoms with Crippen LogP contribution in [0.15, 0.2) is 18.2 Å². The Balaban J connectivity index is 2.07. The lowest BCUT2D eigenvalue weighted by molar-refractivity contribution is 0.0522. The van der Waals surface area contributed by atoms with Gasteiger partial charge in [0.15, 0.2) is 0 Å². The molecule has 0 aromatic heterocycles. The molecule has 0 spiro atoms. The Kier molecular flexibility index (Phi) is 3.95. The van der Waals surface area contributed by atoms with Gasteiger partial charge >= 0.3 is 0 Å². The molecule has 1 heterocycles. The van der Waals surface area contributed by atoms with Gasteiger partial charge in [0.25, 0.3) is 5.91 Å². The molecule has 1 amide bonds. The maximum absolute atomic E-state index is 12.3. The molecule has 1 aliphatic rings. The third kappa shape index (κ3) is 2.98. The van der Waals surface area contributed by atoms with Gasteiger partial charge < -0.3 is 20.8 Å². The van der Waals surface area contributed by atoms with E-state index in [0.717, 1.165) is 12.8 Å². The highest BCUT2D eigenvalue weighted by Gasteiger charge is 2.26. The van der Waals surface area contributed by atoms with Crippen LogP contribution in [0, 0.1) is 5.92 Å². The number of aliphatic hydroxyl groups is 1. The number of rotatable bonds is 2. The zero-order valence-corrected chi connectivity index (χ0v) is 11.0. The summed E-state index contributed by atoms with van der Waals surface area (Å²) in [7, 11) is 0. The number of nitrogen functional groups attached to an aromatic ring is 1. The lowest BCUT2D eigenvalue weighted by Gasteiger charge is -2.33. The van der Waals surface area contributed by atoms with Crippen molar-refractivity contribution in [2.75, 3.05) is 18.8 Å². The standard InChI is InChI=1S/C14H20N2O3/c1-9(17)10-4-6-16(7-5-10)14(19)12-8-11(18)2-3-13(12)15/h2-3,8-10,17-18H,4-7,15H2,1H3. The Labute approximate surface area is 112 Å². The van der Waals surface area contributed by atoms with E-state index in [1.54, 1.807) is 11.8 Å². The Morgan fingerprint density at radius 1 is 1.42 bits per heavy atom. The van der Waals surface area contributed by atoms with Crippen molar-refractivity contribution in [3.8, 4) is 5.75 Å². The van der Waals surface area contributed by atoms with Crippen LogP contribution in [0.2, 0.25) is 0 Å². The van der Waals surface area contributed by atoms with Crippen molar-refractivity contribution < 1.29 is 15.0 Å². The molecule has 1 saturated heterocycles. The van der Waals surface area contributed by atoms with Crippen molar-refractivity contribution in [1.29, 1.82) is 0 Å². The molecule has 2 rings (SSSR count). The van der Waals surface area contributed by atoms with Gasteiger partial charge in [-0.3, -0.25) is 4.79 Å². The number of benzene rings is 1. The van der Waals surface area contributed by atoms with Crippen LogP contribution in [0.3, 0.4) is 0 Å². The molecule has 19 heavy (non-hydrogen) atoms. The number of phenolic OH excluding ortho intramolecular Hbond substituents is 1. The second-order valence-corrected chi connectivity index (χ2v) is 5.14. The Morgan fingerprint density at radius 2 is 2.05 bits per heavy atom. The highest BCUT2D eigenvalue weighted by Crippen LogP contribution is 2.25. The Hall–Kier alpha value is -1.75. The van der Waals surface area contributed by atoms with E-state index in [2.05, 4.69) is 0 Å². The summed E-state index contributed by atoms with van der Waals surface area (Å²) in [5, 5.41) is 19.0. The molecule has 1 aliphatic heterocycles. The number of nitrogens with zero attached hydrogens (tertiary/aromatic N) is 1. The number of amides is 1. The molecule has 104 valence electrons. The van der Waals surface area contributed by atoms with E-state index in [0.29, 0.717) is 24.3 Å². The summed E-state index contributed by atoms with van der Waals surface area (Å²) < 4.78 is 0. The van der Waals surface area contributed by atoms with Crippen molar-refractivity contribution in [3.05, 3.63) is 23.8 Å². The summed E-state index contributed by atoms with van der Waals surface area (Å²) >= 11 is 0. The van der Waals surface area contributed by atoms with Gasteiger partial charge in [0.1, 0.15) is 5.75 Å². The number of hydrogen-bond donors (Lipinski definition) is 3. The van der Waals surface area contributed by atoms with Crippen LogP contribution < -0.4 is 5.73 Å². The molecule has 0 radical (unpaired) electrons. The lowest BCUT2D eigenvalue weighted by Crippen LogP contribution is -2.40. The van der Waals surface area contributed by atoms with Crippen LogP contribution in [0.5, 0.6) is 5.75 Å². The minimum Gasteiger partial charge on any atom is -0.508 e. The summed E-state index contributed by atoms with van der Waals surface area (Å²) in [6.07, 6.45) is 1.26. The van der Waals surface area contributed by atoms with Crippen LogP contribution in [0.1, 0.15) is 30.1 Å². The first kappa shape index (κ1) is 13.7. The van der Waals surface area contributed by atoms with Crippen LogP contribution in [-0.4, -0.2) is 40.2 Å². The van der Waals surface area contributed by atoms with Crippen molar-refractivity contribution >= 4 is 11.6 Å². The highest BCUT2D eigenvalue weighted by molar-refractivity contribution is 5.99. The summed E-state index contributed by atoms with van der Waals surface area (Å²) in [5.74, 6) is 0.138. The topological polar surface area (TPSA) is 86.8 Å². The van der Waals surface area contributed by atoms with E-state index in [1.807, 2.05) is 0 Å². The second kappa shape index (κ2) is 5.48. The minimum absolute atomic E-state index is 0.0383. The van der Waals surface area contributed by atoms with Crippen LogP contribution in [0.25, 0.3) is 0 Å². The predicted octanol–water partition coefficient (Wildman–Crippen LogP) is 1.21. The molecule has 1 fully saturated rings. The average Bonchev–Trinajstić information content (AvgIpc) is 2.41. The summed E-state index contributed by atoms with van der Waals surface area (Å²) in [4.78, 5) is 14.0. The van der Waals surface area contributed by atoms with Crippen molar-refractivity contribution in [3.63, 3.8) is 0 Å². The van der Waals surface area contributed by atoms with Crippen LogP contribution in [-0.2, 0) is 0 Å². The molecule has 5 heteroatoms. The van der Waals surface area contributed by atoms with Gasteiger partial charge in [0.05, 0.1) is 11.7 Å². The highest BCUT2D eigenvalue weighted by atomic mass is 16.3. The zero-order valence-electron chi connectivity index (χ0n) is 11.0. The first-order chi connectivity index (χ1) is 8.99. The fourth-order valence-electron chi connectivity index (χ4n) is 2.48.